The molecule has 11 heteroatoms. The molecule has 0 radical (unpaired) electrons. The van der Waals surface area contributed by atoms with Crippen LogP contribution < -0.4 is 36.7 Å². The number of anilines is 3. The average Bonchev–Trinajstić information content (AvgIpc) is 2.93. The van der Waals surface area contributed by atoms with Crippen molar-refractivity contribution in [3.05, 3.63) is 85.4 Å². The quantitative estimate of drug-likeness (QED) is 0.271. The van der Waals surface area contributed by atoms with Crippen molar-refractivity contribution < 1.29 is 14.3 Å². The molecule has 0 unspecified atom stereocenters. The van der Waals surface area contributed by atoms with Crippen molar-refractivity contribution in [2.24, 2.45) is 10.7 Å². The summed E-state index contributed by atoms with van der Waals surface area (Å²) in [6, 6.07) is 9.66. The van der Waals surface area contributed by atoms with Gasteiger partial charge in [0.15, 0.2) is 0 Å². The lowest BCUT2D eigenvalue weighted by Crippen LogP contribution is -2.37. The Hall–Kier alpha value is -4.70. The van der Waals surface area contributed by atoms with Crippen LogP contribution in [-0.4, -0.2) is 30.8 Å². The monoisotopic (exact) mass is 531 g/mol. The first kappa shape index (κ1) is 25.0. The number of halogens is 1. The Morgan fingerprint density at radius 1 is 1.08 bits per heavy atom. The van der Waals surface area contributed by atoms with Gasteiger partial charge in [0.1, 0.15) is 28.6 Å². The lowest BCUT2D eigenvalue weighted by molar-refractivity contribution is 0.0997. The highest BCUT2D eigenvalue weighted by Gasteiger charge is 2.22. The zero-order chi connectivity index (χ0) is 26.8. The first-order valence-corrected chi connectivity index (χ1v) is 12.0. The van der Waals surface area contributed by atoms with E-state index in [-0.39, 0.29) is 22.0 Å². The van der Waals surface area contributed by atoms with Gasteiger partial charge in [-0.05, 0) is 37.1 Å². The maximum atomic E-state index is 12.2. The summed E-state index contributed by atoms with van der Waals surface area (Å²) < 4.78 is 11.3. The Bertz CT molecular complexity index is 1700. The number of carbonyl (C=O) groups is 1. The lowest BCUT2D eigenvalue weighted by Gasteiger charge is -2.17. The lowest BCUT2D eigenvalue weighted by atomic mass is 10.1. The zero-order valence-corrected chi connectivity index (χ0v) is 21.0. The predicted octanol–water partition coefficient (Wildman–Crippen LogP) is 4.29. The molecule has 4 N–H and O–H groups in total. The van der Waals surface area contributed by atoms with E-state index in [0.29, 0.717) is 40.4 Å². The largest absolute Gasteiger partial charge is 0.496 e. The molecule has 4 aromatic rings. The van der Waals surface area contributed by atoms with Gasteiger partial charge in [0.05, 0.1) is 41.1 Å². The maximum Gasteiger partial charge on any atom is 0.253 e. The molecular weight excluding hydrogens is 510 g/mol. The fourth-order valence-electron chi connectivity index (χ4n) is 4.06. The summed E-state index contributed by atoms with van der Waals surface area (Å²) in [6.45, 7) is 0.333. The minimum absolute atomic E-state index is 0.138. The molecule has 2 heterocycles. The number of carbonyl (C=O) groups excluding carboxylic acids is 1. The summed E-state index contributed by atoms with van der Waals surface area (Å²) >= 11 is 6.48. The van der Waals surface area contributed by atoms with E-state index in [9.17, 15) is 14.4 Å². The van der Waals surface area contributed by atoms with E-state index in [1.807, 2.05) is 12.3 Å². The number of amides is 1. The molecule has 3 aromatic carbocycles. The standard InChI is InChI=1S/C27H22ClN5O5/c1-37-22-12-20-16(11-17(22)27(29)36)21(7-9-31-20)38-15-5-6-19(18(28)10-15)33-24-23(25(34)26(24)35)32-13-14-4-2-3-8-30-14/h4-12,32-33H,2-3,13H2,1H3,(H2,29,36). The van der Waals surface area contributed by atoms with Gasteiger partial charge in [-0.25, -0.2) is 0 Å². The number of nitrogens with two attached hydrogens (primary N) is 1. The number of aliphatic imine (C=N–C) groups is 1. The summed E-state index contributed by atoms with van der Waals surface area (Å²) in [5, 5.41) is 6.75. The molecule has 0 bridgehead atoms. The molecule has 1 aliphatic rings. The Labute approximate surface area is 221 Å². The number of ether oxygens (including phenoxy) is 2. The third kappa shape index (κ3) is 4.81. The molecule has 0 saturated carbocycles. The highest BCUT2D eigenvalue weighted by atomic mass is 35.5. The highest BCUT2D eigenvalue weighted by Crippen LogP contribution is 2.36. The van der Waals surface area contributed by atoms with E-state index in [1.54, 1.807) is 42.6 Å². The number of rotatable bonds is 9. The second kappa shape index (κ2) is 10.3. The molecule has 1 amide bonds. The predicted molar refractivity (Wildman–Crippen MR) is 147 cm³/mol. The maximum absolute atomic E-state index is 12.2. The molecule has 0 fully saturated rings. The highest BCUT2D eigenvalue weighted by molar-refractivity contribution is 6.33. The van der Waals surface area contributed by atoms with E-state index in [2.05, 4.69) is 20.6 Å². The molecule has 0 saturated heterocycles. The minimum atomic E-state index is -0.646. The number of allylic oxidation sites excluding steroid dienone is 1. The molecule has 0 atom stereocenters. The molecule has 38 heavy (non-hydrogen) atoms. The summed E-state index contributed by atoms with van der Waals surface area (Å²) in [7, 11) is 1.44. The minimum Gasteiger partial charge on any atom is -0.496 e. The van der Waals surface area contributed by atoms with Crippen molar-refractivity contribution in [2.75, 3.05) is 24.3 Å². The van der Waals surface area contributed by atoms with Crippen LogP contribution in [0.4, 0.5) is 17.1 Å². The van der Waals surface area contributed by atoms with Crippen molar-refractivity contribution in [1.82, 2.24) is 4.98 Å². The number of primary amides is 1. The molecule has 1 aromatic heterocycles. The third-order valence-corrected chi connectivity index (χ3v) is 6.32. The van der Waals surface area contributed by atoms with Crippen molar-refractivity contribution in [3.8, 4) is 17.2 Å². The van der Waals surface area contributed by atoms with Crippen LogP contribution in [0.3, 0.4) is 0 Å². The molecule has 1 aliphatic heterocycles. The number of nitrogens with zero attached hydrogens (tertiary/aromatic N) is 2. The van der Waals surface area contributed by atoms with Gasteiger partial charge >= 0.3 is 0 Å². The molecular formula is C27H22ClN5O5. The Morgan fingerprint density at radius 3 is 2.61 bits per heavy atom. The number of pyridine rings is 1. The summed E-state index contributed by atoms with van der Waals surface area (Å²) in [5.41, 5.74) is 6.56. The Balaban J connectivity index is 1.36. The van der Waals surface area contributed by atoms with Crippen LogP contribution in [-0.2, 0) is 0 Å². The van der Waals surface area contributed by atoms with Gasteiger partial charge in [0.25, 0.3) is 16.8 Å². The summed E-state index contributed by atoms with van der Waals surface area (Å²) in [6.07, 6.45) is 7.14. The van der Waals surface area contributed by atoms with Crippen LogP contribution in [0, 0.1) is 0 Å². The Kier molecular flexibility index (Phi) is 6.80. The number of nitrogens with one attached hydrogen (secondary N) is 2. The van der Waals surface area contributed by atoms with E-state index in [1.165, 1.54) is 7.11 Å². The molecule has 192 valence electrons. The molecule has 0 aliphatic carbocycles. The van der Waals surface area contributed by atoms with Crippen LogP contribution in [0.2, 0.25) is 5.02 Å². The second-order valence-electron chi connectivity index (χ2n) is 8.46. The molecule has 0 spiro atoms. The average molecular weight is 532 g/mol. The summed E-state index contributed by atoms with van der Waals surface area (Å²) in [4.78, 5) is 44.8. The SMILES string of the molecule is COc1cc2nccc(Oc3ccc(Nc4c(NCC5=CCCC=N5)c(=O)c4=O)c(Cl)c3)c2cc1C(N)=O. The van der Waals surface area contributed by atoms with Crippen LogP contribution in [0.15, 0.2) is 68.9 Å². The van der Waals surface area contributed by atoms with Gasteiger partial charge in [-0.2, -0.15) is 0 Å². The molecule has 5 rings (SSSR count). The topological polar surface area (TPSA) is 145 Å². The van der Waals surface area contributed by atoms with E-state index in [4.69, 9.17) is 26.8 Å². The Morgan fingerprint density at radius 2 is 1.89 bits per heavy atom. The first-order valence-electron chi connectivity index (χ1n) is 11.7. The van der Waals surface area contributed by atoms with Crippen LogP contribution >= 0.6 is 11.6 Å². The van der Waals surface area contributed by atoms with E-state index in [0.717, 1.165) is 18.5 Å². The van der Waals surface area contributed by atoms with Crippen molar-refractivity contribution >= 4 is 51.7 Å². The van der Waals surface area contributed by atoms with Crippen LogP contribution in [0.1, 0.15) is 23.2 Å². The van der Waals surface area contributed by atoms with Gasteiger partial charge in [-0.15, -0.1) is 0 Å². The smallest absolute Gasteiger partial charge is 0.253 e. The number of methoxy groups -OCH3 is 1. The van der Waals surface area contributed by atoms with Gasteiger partial charge in [-0.3, -0.25) is 24.4 Å². The number of fused-ring (bicyclic) bond motifs is 1. The normalized spacial score (nSPS) is 12.8. The van der Waals surface area contributed by atoms with Crippen molar-refractivity contribution in [2.45, 2.75) is 12.8 Å². The van der Waals surface area contributed by atoms with Gasteiger partial charge in [0, 0.05) is 29.9 Å². The number of hydrogen-bond donors (Lipinski definition) is 3. The summed E-state index contributed by atoms with van der Waals surface area (Å²) in [5.74, 6) is 0.483. The number of benzene rings is 2. The van der Waals surface area contributed by atoms with Crippen LogP contribution in [0.25, 0.3) is 10.9 Å². The van der Waals surface area contributed by atoms with Gasteiger partial charge < -0.3 is 25.8 Å². The fourth-order valence-corrected chi connectivity index (χ4v) is 4.27. The third-order valence-electron chi connectivity index (χ3n) is 6.01. The second-order valence-corrected chi connectivity index (χ2v) is 8.87. The van der Waals surface area contributed by atoms with E-state index < -0.39 is 16.8 Å². The van der Waals surface area contributed by atoms with Crippen molar-refractivity contribution in [1.29, 1.82) is 0 Å². The van der Waals surface area contributed by atoms with Gasteiger partial charge in [0.2, 0.25) is 0 Å². The molecule has 10 nitrogen and oxygen atoms in total. The van der Waals surface area contributed by atoms with Gasteiger partial charge in [-0.1, -0.05) is 17.7 Å². The first-order chi connectivity index (χ1) is 18.4. The van der Waals surface area contributed by atoms with Crippen molar-refractivity contribution in [3.63, 3.8) is 0 Å². The number of hydrogen-bond acceptors (Lipinski definition) is 9. The zero-order valence-electron chi connectivity index (χ0n) is 20.2. The number of aromatic nitrogens is 1. The fraction of sp³-hybridized carbons (Fsp3) is 0.148. The van der Waals surface area contributed by atoms with E-state index >= 15 is 0 Å². The van der Waals surface area contributed by atoms with Crippen LogP contribution in [0.5, 0.6) is 17.2 Å².